The van der Waals surface area contributed by atoms with Gasteiger partial charge in [-0.1, -0.05) is 15.9 Å². The smallest absolute Gasteiger partial charge is 0.101 e. The third kappa shape index (κ3) is 2.78. The largest absolute Gasteiger partial charge is 0.377 e. The Hall–Kier alpha value is -0.830. The molecule has 0 saturated heterocycles. The number of fused-ring (bicyclic) bond motifs is 1. The van der Waals surface area contributed by atoms with E-state index in [1.807, 2.05) is 29.5 Å². The van der Waals surface area contributed by atoms with Crippen LogP contribution in [0.25, 0.3) is 0 Å². The number of aryl methyl sites for hydroxylation is 1. The average molecular weight is 412 g/mol. The summed E-state index contributed by atoms with van der Waals surface area (Å²) in [5.41, 5.74) is 2.97. The summed E-state index contributed by atoms with van der Waals surface area (Å²) in [5, 5.41) is 12.8. The number of hydrogen-bond donors (Lipinski definition) is 1. The predicted octanol–water partition coefficient (Wildman–Crippen LogP) is 5.63. The summed E-state index contributed by atoms with van der Waals surface area (Å²) in [6.07, 6.45) is 3.45. The van der Waals surface area contributed by atoms with Crippen LogP contribution in [0.15, 0.2) is 32.5 Å². The average Bonchev–Trinajstić information content (AvgIpc) is 2.80. The Labute approximate surface area is 139 Å². The molecule has 3 rings (SSSR count). The lowest BCUT2D eigenvalue weighted by molar-refractivity contribution is 0.608. The number of hydrogen-bond acceptors (Lipinski definition) is 3. The summed E-state index contributed by atoms with van der Waals surface area (Å²) in [6.45, 7) is 0. The van der Waals surface area contributed by atoms with Crippen molar-refractivity contribution in [2.45, 2.75) is 25.3 Å². The van der Waals surface area contributed by atoms with Gasteiger partial charge in [0.15, 0.2) is 0 Å². The van der Waals surface area contributed by atoms with Gasteiger partial charge in [0.1, 0.15) is 6.07 Å². The zero-order chi connectivity index (χ0) is 14.1. The molecule has 0 amide bonds. The van der Waals surface area contributed by atoms with Gasteiger partial charge in [0.05, 0.1) is 21.1 Å². The molecule has 0 spiro atoms. The molecule has 0 radical (unpaired) electrons. The first-order valence-corrected chi connectivity index (χ1v) is 8.82. The van der Waals surface area contributed by atoms with Gasteiger partial charge in [-0.3, -0.25) is 0 Å². The maximum Gasteiger partial charge on any atom is 0.101 e. The molecule has 0 fully saturated rings. The van der Waals surface area contributed by atoms with Crippen LogP contribution in [0, 0.1) is 11.3 Å². The molecule has 20 heavy (non-hydrogen) atoms. The Kier molecular flexibility index (Phi) is 4.16. The molecule has 1 aromatic carbocycles. The highest BCUT2D eigenvalue weighted by Crippen LogP contribution is 2.40. The molecule has 1 aliphatic carbocycles. The van der Waals surface area contributed by atoms with Crippen LogP contribution in [-0.2, 0) is 6.42 Å². The highest BCUT2D eigenvalue weighted by atomic mass is 79.9. The SMILES string of the molecule is N#Cc1ccc(Br)cc1NC1CCCc2sc(Br)cc21. The molecule has 2 nitrogen and oxygen atoms in total. The van der Waals surface area contributed by atoms with Gasteiger partial charge < -0.3 is 5.32 Å². The molecular formula is C15H12Br2N2S. The Morgan fingerprint density at radius 3 is 2.95 bits per heavy atom. The summed E-state index contributed by atoms with van der Waals surface area (Å²) in [5.74, 6) is 0. The van der Waals surface area contributed by atoms with E-state index in [0.717, 1.165) is 23.0 Å². The molecule has 1 N–H and O–H groups in total. The van der Waals surface area contributed by atoms with E-state index >= 15 is 0 Å². The lowest BCUT2D eigenvalue weighted by Gasteiger charge is -2.25. The molecule has 2 aromatic rings. The highest BCUT2D eigenvalue weighted by Gasteiger charge is 2.23. The van der Waals surface area contributed by atoms with Crippen LogP contribution in [0.3, 0.4) is 0 Å². The first-order chi connectivity index (χ1) is 9.67. The number of nitriles is 1. The van der Waals surface area contributed by atoms with Gasteiger partial charge in [-0.15, -0.1) is 11.3 Å². The maximum atomic E-state index is 9.23. The molecule has 1 aliphatic rings. The van der Waals surface area contributed by atoms with Crippen molar-refractivity contribution in [3.63, 3.8) is 0 Å². The molecule has 1 heterocycles. The standard InChI is InChI=1S/C15H12Br2N2S/c16-10-5-4-9(8-18)13(6-10)19-12-2-1-3-14-11(12)7-15(17)20-14/h4-7,12,19H,1-3H2. The van der Waals surface area contributed by atoms with Crippen molar-refractivity contribution in [1.82, 2.24) is 0 Å². The number of benzene rings is 1. The zero-order valence-corrected chi connectivity index (χ0v) is 14.6. The first-order valence-electron chi connectivity index (χ1n) is 6.41. The van der Waals surface area contributed by atoms with Crippen molar-refractivity contribution in [3.8, 4) is 6.07 Å². The normalized spacial score (nSPS) is 17.4. The van der Waals surface area contributed by atoms with E-state index in [-0.39, 0.29) is 0 Å². The van der Waals surface area contributed by atoms with E-state index in [1.165, 1.54) is 20.6 Å². The molecule has 1 atom stereocenters. The fraction of sp³-hybridized carbons (Fsp3) is 0.267. The lowest BCUT2D eigenvalue weighted by atomic mass is 9.93. The lowest BCUT2D eigenvalue weighted by Crippen LogP contribution is -2.16. The minimum absolute atomic E-state index is 0.294. The van der Waals surface area contributed by atoms with Gasteiger partial charge in [0.2, 0.25) is 0 Å². The van der Waals surface area contributed by atoms with Crippen LogP contribution in [-0.4, -0.2) is 0 Å². The number of nitrogens with zero attached hydrogens (tertiary/aromatic N) is 1. The topological polar surface area (TPSA) is 35.8 Å². The number of halogens is 2. The Bertz CT molecular complexity index is 688. The fourth-order valence-corrected chi connectivity index (χ4v) is 4.77. The first kappa shape index (κ1) is 14.1. The van der Waals surface area contributed by atoms with Gasteiger partial charge in [0, 0.05) is 9.35 Å². The van der Waals surface area contributed by atoms with E-state index in [0.29, 0.717) is 11.6 Å². The van der Waals surface area contributed by atoms with Gasteiger partial charge >= 0.3 is 0 Å². The molecule has 5 heteroatoms. The van der Waals surface area contributed by atoms with Gasteiger partial charge in [-0.2, -0.15) is 5.26 Å². The Morgan fingerprint density at radius 1 is 1.30 bits per heavy atom. The van der Waals surface area contributed by atoms with Crippen molar-refractivity contribution in [2.75, 3.05) is 5.32 Å². The fourth-order valence-electron chi connectivity index (χ4n) is 2.59. The molecular weight excluding hydrogens is 400 g/mol. The summed E-state index contributed by atoms with van der Waals surface area (Å²) in [6, 6.07) is 10.5. The van der Waals surface area contributed by atoms with Crippen LogP contribution in [0.4, 0.5) is 5.69 Å². The Morgan fingerprint density at radius 2 is 2.15 bits per heavy atom. The van der Waals surface area contributed by atoms with Gasteiger partial charge in [-0.25, -0.2) is 0 Å². The summed E-state index contributed by atoms with van der Waals surface area (Å²) >= 11 is 8.87. The quantitative estimate of drug-likeness (QED) is 0.694. The monoisotopic (exact) mass is 410 g/mol. The van der Waals surface area contributed by atoms with E-state index in [4.69, 9.17) is 0 Å². The maximum absolute atomic E-state index is 9.23. The molecule has 0 aliphatic heterocycles. The zero-order valence-electron chi connectivity index (χ0n) is 10.6. The Balaban J connectivity index is 1.93. The second-order valence-corrected chi connectivity index (χ2v) is 8.25. The third-order valence-corrected chi connectivity index (χ3v) is 5.72. The molecule has 102 valence electrons. The van der Waals surface area contributed by atoms with Crippen LogP contribution in [0.5, 0.6) is 0 Å². The number of nitrogens with one attached hydrogen (secondary N) is 1. The number of thiophene rings is 1. The minimum atomic E-state index is 0.294. The second-order valence-electron chi connectivity index (χ2n) is 4.82. The summed E-state index contributed by atoms with van der Waals surface area (Å²) in [7, 11) is 0. The van der Waals surface area contributed by atoms with Crippen molar-refractivity contribution < 1.29 is 0 Å². The second kappa shape index (κ2) is 5.88. The van der Waals surface area contributed by atoms with Crippen molar-refractivity contribution >= 4 is 48.9 Å². The van der Waals surface area contributed by atoms with E-state index in [2.05, 4.69) is 49.3 Å². The molecule has 1 aromatic heterocycles. The van der Waals surface area contributed by atoms with Crippen molar-refractivity contribution in [2.24, 2.45) is 0 Å². The summed E-state index contributed by atoms with van der Waals surface area (Å²) in [4.78, 5) is 1.45. The number of anilines is 1. The minimum Gasteiger partial charge on any atom is -0.377 e. The van der Waals surface area contributed by atoms with Crippen molar-refractivity contribution in [1.29, 1.82) is 5.26 Å². The third-order valence-electron chi connectivity index (χ3n) is 3.52. The predicted molar refractivity (Wildman–Crippen MR) is 90.2 cm³/mol. The van der Waals surface area contributed by atoms with E-state index in [9.17, 15) is 5.26 Å². The van der Waals surface area contributed by atoms with Crippen LogP contribution in [0.2, 0.25) is 0 Å². The molecule has 0 bridgehead atoms. The van der Waals surface area contributed by atoms with Gasteiger partial charge in [-0.05, 0) is 65.0 Å². The van der Waals surface area contributed by atoms with E-state index < -0.39 is 0 Å². The van der Waals surface area contributed by atoms with Gasteiger partial charge in [0.25, 0.3) is 0 Å². The summed E-state index contributed by atoms with van der Waals surface area (Å²) < 4.78 is 2.17. The highest BCUT2D eigenvalue weighted by molar-refractivity contribution is 9.11. The number of rotatable bonds is 2. The molecule has 1 unspecified atom stereocenters. The molecule has 0 saturated carbocycles. The van der Waals surface area contributed by atoms with Crippen LogP contribution >= 0.6 is 43.2 Å². The van der Waals surface area contributed by atoms with E-state index in [1.54, 1.807) is 0 Å². The van der Waals surface area contributed by atoms with Crippen LogP contribution in [0.1, 0.15) is 34.9 Å². The van der Waals surface area contributed by atoms with Crippen LogP contribution < -0.4 is 5.32 Å². The van der Waals surface area contributed by atoms with Crippen molar-refractivity contribution in [3.05, 3.63) is 48.5 Å².